The zero-order valence-corrected chi connectivity index (χ0v) is 10.7. The maximum absolute atomic E-state index is 9.93. The summed E-state index contributed by atoms with van der Waals surface area (Å²) >= 11 is 0. The second-order valence-corrected chi connectivity index (χ2v) is 4.77. The normalized spacial score (nSPS) is 11.2. The monoisotopic (exact) mass is 260 g/mol. The molecule has 4 rings (SSSR count). The Labute approximate surface area is 116 Å². The highest BCUT2D eigenvalue weighted by molar-refractivity contribution is 5.97. The number of nitrogens with zero attached hydrogens (tertiary/aromatic N) is 2. The predicted octanol–water partition coefficient (Wildman–Crippen LogP) is 3.84. The van der Waals surface area contributed by atoms with E-state index in [0.717, 1.165) is 27.8 Å². The van der Waals surface area contributed by atoms with E-state index < -0.39 is 0 Å². The van der Waals surface area contributed by atoms with Crippen molar-refractivity contribution in [3.63, 3.8) is 0 Å². The van der Waals surface area contributed by atoms with Crippen molar-refractivity contribution in [2.24, 2.45) is 0 Å². The van der Waals surface area contributed by atoms with Crippen LogP contribution in [0.5, 0.6) is 5.75 Å². The molecule has 2 aliphatic heterocycles. The SMILES string of the molecule is Oc1ccccc1-n1ccc2c3ccccc3nc-2c1. The fourth-order valence-corrected chi connectivity index (χ4v) is 2.56. The van der Waals surface area contributed by atoms with Crippen molar-refractivity contribution in [2.75, 3.05) is 0 Å². The van der Waals surface area contributed by atoms with Gasteiger partial charge >= 0.3 is 0 Å². The minimum Gasteiger partial charge on any atom is -0.506 e. The lowest BCUT2D eigenvalue weighted by atomic mass is 10.1. The third-order valence-electron chi connectivity index (χ3n) is 3.53. The van der Waals surface area contributed by atoms with Gasteiger partial charge in [0.05, 0.1) is 16.9 Å². The van der Waals surface area contributed by atoms with Crippen LogP contribution >= 0.6 is 0 Å². The average Bonchev–Trinajstić information content (AvgIpc) is 2.85. The highest BCUT2D eigenvalue weighted by Gasteiger charge is 2.12. The van der Waals surface area contributed by atoms with Gasteiger partial charge in [-0.05, 0) is 24.3 Å². The van der Waals surface area contributed by atoms with Crippen molar-refractivity contribution >= 4 is 10.9 Å². The summed E-state index contributed by atoms with van der Waals surface area (Å²) in [5.74, 6) is 0.257. The summed E-state index contributed by atoms with van der Waals surface area (Å²) in [6.45, 7) is 0. The quantitative estimate of drug-likeness (QED) is 0.564. The molecule has 3 heteroatoms. The molecule has 0 bridgehead atoms. The largest absolute Gasteiger partial charge is 0.506 e. The Balaban J connectivity index is 1.98. The first-order chi connectivity index (χ1) is 9.83. The first-order valence-corrected chi connectivity index (χ1v) is 6.48. The van der Waals surface area contributed by atoms with E-state index >= 15 is 0 Å². The molecule has 0 aromatic heterocycles. The van der Waals surface area contributed by atoms with Crippen LogP contribution in [-0.2, 0) is 0 Å². The number of phenols is 1. The molecule has 1 N–H and O–H groups in total. The van der Waals surface area contributed by atoms with Crippen molar-refractivity contribution in [3.05, 3.63) is 67.0 Å². The molecule has 2 aromatic carbocycles. The van der Waals surface area contributed by atoms with Crippen LogP contribution in [0.2, 0.25) is 0 Å². The second kappa shape index (κ2) is 4.10. The molecule has 2 aromatic rings. The number of aromatic nitrogens is 2. The zero-order valence-electron chi connectivity index (χ0n) is 10.7. The van der Waals surface area contributed by atoms with Crippen LogP contribution in [0, 0.1) is 0 Å². The highest BCUT2D eigenvalue weighted by atomic mass is 16.3. The predicted molar refractivity (Wildman–Crippen MR) is 79.4 cm³/mol. The average molecular weight is 260 g/mol. The van der Waals surface area contributed by atoms with Gasteiger partial charge in [-0.2, -0.15) is 0 Å². The third-order valence-corrected chi connectivity index (χ3v) is 3.53. The first kappa shape index (κ1) is 11.1. The molecule has 0 unspecified atom stereocenters. The minimum atomic E-state index is 0.257. The molecule has 0 spiro atoms. The van der Waals surface area contributed by atoms with Gasteiger partial charge in [0.1, 0.15) is 5.75 Å². The van der Waals surface area contributed by atoms with E-state index in [1.54, 1.807) is 6.07 Å². The van der Waals surface area contributed by atoms with Crippen molar-refractivity contribution in [3.8, 4) is 22.7 Å². The summed E-state index contributed by atoms with van der Waals surface area (Å²) in [7, 11) is 0. The highest BCUT2D eigenvalue weighted by Crippen LogP contribution is 2.32. The lowest BCUT2D eigenvalue weighted by Crippen LogP contribution is -1.96. The molecule has 0 saturated heterocycles. The number of hydrogen-bond acceptors (Lipinski definition) is 2. The molecular weight excluding hydrogens is 248 g/mol. The molecule has 3 nitrogen and oxygen atoms in total. The van der Waals surface area contributed by atoms with E-state index in [1.165, 1.54) is 0 Å². The minimum absolute atomic E-state index is 0.257. The Morgan fingerprint density at radius 2 is 1.70 bits per heavy atom. The summed E-state index contributed by atoms with van der Waals surface area (Å²) < 4.78 is 1.89. The summed E-state index contributed by atoms with van der Waals surface area (Å²) in [5.41, 5.74) is 3.81. The van der Waals surface area contributed by atoms with Gasteiger partial charge in [0.2, 0.25) is 0 Å². The Morgan fingerprint density at radius 3 is 2.60 bits per heavy atom. The molecule has 20 heavy (non-hydrogen) atoms. The van der Waals surface area contributed by atoms with Crippen LogP contribution in [-0.4, -0.2) is 14.7 Å². The summed E-state index contributed by atoms with van der Waals surface area (Å²) in [6.07, 6.45) is 3.90. The van der Waals surface area contributed by atoms with Crippen molar-refractivity contribution in [1.82, 2.24) is 9.55 Å². The Kier molecular flexibility index (Phi) is 2.27. The molecule has 0 amide bonds. The molecular formula is C17H12N2O. The van der Waals surface area contributed by atoms with E-state index in [-0.39, 0.29) is 5.75 Å². The summed E-state index contributed by atoms with van der Waals surface area (Å²) in [5, 5.41) is 11.1. The van der Waals surface area contributed by atoms with E-state index in [1.807, 2.05) is 59.4 Å². The number of pyridine rings is 1. The number of rotatable bonds is 1. The number of benzene rings is 2. The van der Waals surface area contributed by atoms with Crippen molar-refractivity contribution in [1.29, 1.82) is 0 Å². The Morgan fingerprint density at radius 1 is 0.900 bits per heavy atom. The molecule has 0 saturated carbocycles. The van der Waals surface area contributed by atoms with Crippen LogP contribution in [0.25, 0.3) is 27.8 Å². The first-order valence-electron chi connectivity index (χ1n) is 6.48. The summed E-state index contributed by atoms with van der Waals surface area (Å²) in [4.78, 5) is 4.63. The van der Waals surface area contributed by atoms with Gasteiger partial charge in [0.15, 0.2) is 0 Å². The Hall–Kier alpha value is -2.81. The van der Waals surface area contributed by atoms with E-state index in [2.05, 4.69) is 11.1 Å². The van der Waals surface area contributed by atoms with Crippen LogP contribution in [0.4, 0.5) is 0 Å². The van der Waals surface area contributed by atoms with Crippen LogP contribution < -0.4 is 0 Å². The van der Waals surface area contributed by atoms with Gasteiger partial charge in [-0.3, -0.25) is 0 Å². The van der Waals surface area contributed by atoms with Crippen LogP contribution in [0.3, 0.4) is 0 Å². The maximum atomic E-state index is 9.93. The molecule has 2 aliphatic rings. The molecule has 0 aliphatic carbocycles. The van der Waals surface area contributed by atoms with E-state index in [0.29, 0.717) is 0 Å². The smallest absolute Gasteiger partial charge is 0.139 e. The van der Waals surface area contributed by atoms with E-state index in [9.17, 15) is 5.11 Å². The fourth-order valence-electron chi connectivity index (χ4n) is 2.56. The van der Waals surface area contributed by atoms with E-state index in [4.69, 9.17) is 0 Å². The van der Waals surface area contributed by atoms with Crippen LogP contribution in [0.1, 0.15) is 0 Å². The topological polar surface area (TPSA) is 38.0 Å². The van der Waals surface area contributed by atoms with Crippen LogP contribution in [0.15, 0.2) is 67.0 Å². The number of phenolic OH excluding ortho intramolecular Hbond substituents is 1. The number of aromatic hydroxyl groups is 1. The molecule has 2 heterocycles. The van der Waals surface area contributed by atoms with Gasteiger partial charge in [0, 0.05) is 23.3 Å². The van der Waals surface area contributed by atoms with Gasteiger partial charge in [-0.1, -0.05) is 30.3 Å². The third kappa shape index (κ3) is 1.57. The second-order valence-electron chi connectivity index (χ2n) is 4.77. The molecule has 96 valence electrons. The standard InChI is InChI=1S/C17H12N2O/c20-17-8-4-3-7-16(17)19-10-9-13-12-5-1-2-6-14(12)18-15(13)11-19/h1-11,20H. The van der Waals surface area contributed by atoms with Crippen molar-refractivity contribution in [2.45, 2.75) is 0 Å². The molecule has 0 fully saturated rings. The Bertz CT molecular complexity index is 879. The van der Waals surface area contributed by atoms with Crippen molar-refractivity contribution < 1.29 is 5.11 Å². The van der Waals surface area contributed by atoms with Gasteiger partial charge < -0.3 is 9.67 Å². The number of fused-ring (bicyclic) bond motifs is 3. The summed E-state index contributed by atoms with van der Waals surface area (Å²) in [6, 6.07) is 17.4. The number of hydrogen-bond donors (Lipinski definition) is 1. The fraction of sp³-hybridized carbons (Fsp3) is 0. The molecule has 0 radical (unpaired) electrons. The maximum Gasteiger partial charge on any atom is 0.139 e. The number of para-hydroxylation sites is 3. The lowest BCUT2D eigenvalue weighted by molar-refractivity contribution is 0.472. The van der Waals surface area contributed by atoms with Gasteiger partial charge in [-0.25, -0.2) is 4.98 Å². The molecule has 0 atom stereocenters. The lowest BCUT2D eigenvalue weighted by Gasteiger charge is -2.10. The van der Waals surface area contributed by atoms with Gasteiger partial charge in [0.25, 0.3) is 0 Å². The van der Waals surface area contributed by atoms with Gasteiger partial charge in [-0.15, -0.1) is 0 Å². The zero-order chi connectivity index (χ0) is 13.5.